The zero-order valence-corrected chi connectivity index (χ0v) is 10.6. The predicted octanol–water partition coefficient (Wildman–Crippen LogP) is 2.72. The molecule has 0 saturated heterocycles. The molecule has 0 aliphatic heterocycles. The summed E-state index contributed by atoms with van der Waals surface area (Å²) in [6, 6.07) is 8.86. The first-order valence-corrected chi connectivity index (χ1v) is 5.98. The van der Waals surface area contributed by atoms with Gasteiger partial charge in [-0.2, -0.15) is 0 Å². The van der Waals surface area contributed by atoms with Crippen LogP contribution < -0.4 is 5.32 Å². The van der Waals surface area contributed by atoms with Gasteiger partial charge in [-0.05, 0) is 38.3 Å². The second kappa shape index (κ2) is 7.42. The molecule has 1 aromatic carbocycles. The van der Waals surface area contributed by atoms with E-state index in [2.05, 4.69) is 36.5 Å². The fraction of sp³-hybridized carbons (Fsp3) is 0.571. The van der Waals surface area contributed by atoms with Crippen LogP contribution in [0.3, 0.4) is 0 Å². The second-order valence-electron chi connectivity index (χ2n) is 4.30. The van der Waals surface area contributed by atoms with Crippen molar-refractivity contribution in [2.45, 2.75) is 25.7 Å². The highest BCUT2D eigenvalue weighted by molar-refractivity contribution is 5.24. The standard InChI is InChI=1S/C14H23NO/c1-12-6-8-13(9-7-12)14(11-15-2)5-4-10-16-3/h6-9,14-15H,4-5,10-11H2,1-3H3. The zero-order chi connectivity index (χ0) is 11.8. The SMILES string of the molecule is CNCC(CCCOC)c1ccc(C)cc1. The van der Waals surface area contributed by atoms with Gasteiger partial charge in [0.15, 0.2) is 0 Å². The van der Waals surface area contributed by atoms with Crippen molar-refractivity contribution in [3.63, 3.8) is 0 Å². The number of nitrogens with one attached hydrogen (secondary N) is 1. The summed E-state index contributed by atoms with van der Waals surface area (Å²) in [6.07, 6.45) is 2.30. The molecule has 0 aliphatic carbocycles. The molecular weight excluding hydrogens is 198 g/mol. The lowest BCUT2D eigenvalue weighted by Gasteiger charge is -2.17. The lowest BCUT2D eigenvalue weighted by molar-refractivity contribution is 0.190. The number of ether oxygens (including phenoxy) is 1. The first-order valence-electron chi connectivity index (χ1n) is 5.98. The Labute approximate surface area is 99.0 Å². The van der Waals surface area contributed by atoms with E-state index in [1.54, 1.807) is 7.11 Å². The van der Waals surface area contributed by atoms with Crippen molar-refractivity contribution < 1.29 is 4.74 Å². The summed E-state index contributed by atoms with van der Waals surface area (Å²) in [5.74, 6) is 0.598. The molecule has 1 unspecified atom stereocenters. The maximum Gasteiger partial charge on any atom is 0.0462 e. The van der Waals surface area contributed by atoms with Crippen molar-refractivity contribution >= 4 is 0 Å². The van der Waals surface area contributed by atoms with E-state index >= 15 is 0 Å². The summed E-state index contributed by atoms with van der Waals surface area (Å²) < 4.78 is 5.10. The van der Waals surface area contributed by atoms with Gasteiger partial charge in [-0.15, -0.1) is 0 Å². The van der Waals surface area contributed by atoms with Crippen molar-refractivity contribution in [3.05, 3.63) is 35.4 Å². The van der Waals surface area contributed by atoms with Crippen LogP contribution in [0.25, 0.3) is 0 Å². The molecule has 2 nitrogen and oxygen atoms in total. The monoisotopic (exact) mass is 221 g/mol. The summed E-state index contributed by atoms with van der Waals surface area (Å²) in [5, 5.41) is 3.27. The highest BCUT2D eigenvalue weighted by Crippen LogP contribution is 2.21. The number of rotatable bonds is 7. The van der Waals surface area contributed by atoms with Gasteiger partial charge in [-0.3, -0.25) is 0 Å². The van der Waals surface area contributed by atoms with Gasteiger partial charge in [0.05, 0.1) is 0 Å². The van der Waals surface area contributed by atoms with Crippen molar-refractivity contribution in [2.75, 3.05) is 27.3 Å². The minimum absolute atomic E-state index is 0.598. The zero-order valence-electron chi connectivity index (χ0n) is 10.6. The largest absolute Gasteiger partial charge is 0.385 e. The number of aryl methyl sites for hydroxylation is 1. The summed E-state index contributed by atoms with van der Waals surface area (Å²) in [4.78, 5) is 0. The van der Waals surface area contributed by atoms with Crippen LogP contribution in [0.15, 0.2) is 24.3 Å². The number of likely N-dealkylation sites (N-methyl/N-ethyl adjacent to an activating group) is 1. The van der Waals surface area contributed by atoms with E-state index in [1.807, 2.05) is 7.05 Å². The Morgan fingerprint density at radius 1 is 1.25 bits per heavy atom. The molecule has 0 amide bonds. The Hall–Kier alpha value is -0.860. The van der Waals surface area contributed by atoms with Gasteiger partial charge in [-0.1, -0.05) is 29.8 Å². The van der Waals surface area contributed by atoms with Crippen molar-refractivity contribution in [2.24, 2.45) is 0 Å². The van der Waals surface area contributed by atoms with Gasteiger partial charge < -0.3 is 10.1 Å². The highest BCUT2D eigenvalue weighted by atomic mass is 16.5. The predicted molar refractivity (Wildman–Crippen MR) is 69.0 cm³/mol. The van der Waals surface area contributed by atoms with E-state index in [4.69, 9.17) is 4.74 Å². The van der Waals surface area contributed by atoms with E-state index in [9.17, 15) is 0 Å². The second-order valence-corrected chi connectivity index (χ2v) is 4.30. The molecule has 16 heavy (non-hydrogen) atoms. The van der Waals surface area contributed by atoms with Crippen LogP contribution in [-0.4, -0.2) is 27.3 Å². The van der Waals surface area contributed by atoms with Crippen LogP contribution in [0.1, 0.15) is 29.9 Å². The molecule has 0 bridgehead atoms. The lowest BCUT2D eigenvalue weighted by atomic mass is 9.93. The van der Waals surface area contributed by atoms with E-state index in [1.165, 1.54) is 17.5 Å². The third-order valence-corrected chi connectivity index (χ3v) is 2.90. The molecule has 0 radical (unpaired) electrons. The Bertz CT molecular complexity index is 281. The van der Waals surface area contributed by atoms with Gasteiger partial charge in [0.25, 0.3) is 0 Å². The van der Waals surface area contributed by atoms with Gasteiger partial charge in [0.2, 0.25) is 0 Å². The Balaban J connectivity index is 2.57. The molecular formula is C14H23NO. The van der Waals surface area contributed by atoms with Gasteiger partial charge >= 0.3 is 0 Å². The van der Waals surface area contributed by atoms with Gasteiger partial charge in [0, 0.05) is 20.3 Å². The minimum atomic E-state index is 0.598. The fourth-order valence-corrected chi connectivity index (χ4v) is 1.95. The lowest BCUT2D eigenvalue weighted by Crippen LogP contribution is -2.17. The quantitative estimate of drug-likeness (QED) is 0.715. The minimum Gasteiger partial charge on any atom is -0.385 e. The number of benzene rings is 1. The molecule has 1 atom stereocenters. The topological polar surface area (TPSA) is 21.3 Å². The van der Waals surface area contributed by atoms with Crippen LogP contribution in [-0.2, 0) is 4.74 Å². The summed E-state index contributed by atoms with van der Waals surface area (Å²) in [7, 11) is 3.77. The summed E-state index contributed by atoms with van der Waals surface area (Å²) >= 11 is 0. The molecule has 2 heteroatoms. The molecule has 0 aromatic heterocycles. The molecule has 0 aliphatic rings. The number of methoxy groups -OCH3 is 1. The third kappa shape index (κ3) is 4.33. The number of hydrogen-bond donors (Lipinski definition) is 1. The average molecular weight is 221 g/mol. The van der Waals surface area contributed by atoms with E-state index < -0.39 is 0 Å². The molecule has 0 fully saturated rings. The van der Waals surface area contributed by atoms with Crippen molar-refractivity contribution in [1.82, 2.24) is 5.32 Å². The van der Waals surface area contributed by atoms with Crippen molar-refractivity contribution in [1.29, 1.82) is 0 Å². The van der Waals surface area contributed by atoms with Crippen LogP contribution in [0.4, 0.5) is 0 Å². The highest BCUT2D eigenvalue weighted by Gasteiger charge is 2.09. The van der Waals surface area contributed by atoms with Gasteiger partial charge in [-0.25, -0.2) is 0 Å². The average Bonchev–Trinajstić information content (AvgIpc) is 2.29. The first kappa shape index (κ1) is 13.2. The van der Waals surface area contributed by atoms with Crippen LogP contribution in [0, 0.1) is 6.92 Å². The summed E-state index contributed by atoms with van der Waals surface area (Å²) in [6.45, 7) is 4.01. The maximum absolute atomic E-state index is 5.10. The maximum atomic E-state index is 5.10. The molecule has 1 N–H and O–H groups in total. The van der Waals surface area contributed by atoms with Crippen LogP contribution in [0.2, 0.25) is 0 Å². The normalized spacial score (nSPS) is 12.7. The molecule has 1 rings (SSSR count). The van der Waals surface area contributed by atoms with E-state index in [-0.39, 0.29) is 0 Å². The van der Waals surface area contributed by atoms with E-state index in [0.29, 0.717) is 5.92 Å². The molecule has 1 aromatic rings. The molecule has 90 valence electrons. The molecule has 0 saturated carbocycles. The summed E-state index contributed by atoms with van der Waals surface area (Å²) in [5.41, 5.74) is 2.75. The molecule has 0 heterocycles. The molecule has 0 spiro atoms. The van der Waals surface area contributed by atoms with E-state index in [0.717, 1.165) is 19.6 Å². The first-order chi connectivity index (χ1) is 7.77. The van der Waals surface area contributed by atoms with Crippen molar-refractivity contribution in [3.8, 4) is 0 Å². The smallest absolute Gasteiger partial charge is 0.0462 e. The fourth-order valence-electron chi connectivity index (χ4n) is 1.95. The van der Waals surface area contributed by atoms with Gasteiger partial charge in [0.1, 0.15) is 0 Å². The van der Waals surface area contributed by atoms with Crippen LogP contribution >= 0.6 is 0 Å². The Morgan fingerprint density at radius 3 is 2.50 bits per heavy atom. The third-order valence-electron chi connectivity index (χ3n) is 2.90. The number of hydrogen-bond acceptors (Lipinski definition) is 2. The Morgan fingerprint density at radius 2 is 1.94 bits per heavy atom. The van der Waals surface area contributed by atoms with Crippen LogP contribution in [0.5, 0.6) is 0 Å². The Kier molecular flexibility index (Phi) is 6.12.